The van der Waals surface area contributed by atoms with Crippen molar-refractivity contribution in [1.29, 1.82) is 0 Å². The number of benzene rings is 1. The Morgan fingerprint density at radius 3 is 2.15 bits per heavy atom. The number of rotatable bonds is 2. The molecule has 1 N–H and O–H groups in total. The average molecular weight is 304 g/mol. The van der Waals surface area contributed by atoms with Crippen molar-refractivity contribution < 1.29 is 22.7 Å². The van der Waals surface area contributed by atoms with Gasteiger partial charge in [0.25, 0.3) is 0 Å². The molecule has 0 aliphatic rings. The van der Waals surface area contributed by atoms with E-state index in [9.17, 15) is 22.7 Å². The van der Waals surface area contributed by atoms with Crippen LogP contribution in [0.1, 0.15) is 12.0 Å². The van der Waals surface area contributed by atoms with Gasteiger partial charge in [0.15, 0.2) is 5.60 Å². The van der Waals surface area contributed by atoms with Crippen molar-refractivity contribution in [2.24, 2.45) is 0 Å². The van der Waals surface area contributed by atoms with Crippen LogP contribution in [0.2, 0.25) is 19.6 Å². The average Bonchev–Trinajstić information content (AvgIpc) is 2.26. The normalized spacial score (nSPS) is 15.2. The van der Waals surface area contributed by atoms with Crippen molar-refractivity contribution in [3.63, 3.8) is 0 Å². The molecule has 6 heteroatoms. The second kappa shape index (κ2) is 5.58. The lowest BCUT2D eigenvalue weighted by atomic mass is 9.89. The second-order valence-corrected chi connectivity index (χ2v) is 10.3. The summed E-state index contributed by atoms with van der Waals surface area (Å²) >= 11 is 0. The molecule has 20 heavy (non-hydrogen) atoms. The molecule has 1 aromatic carbocycles. The van der Waals surface area contributed by atoms with Crippen LogP contribution in [0.3, 0.4) is 0 Å². The van der Waals surface area contributed by atoms with Gasteiger partial charge >= 0.3 is 6.18 Å². The van der Waals surface area contributed by atoms with Crippen LogP contribution in [-0.4, -0.2) is 19.4 Å². The smallest absolute Gasteiger partial charge is 0.375 e. The highest BCUT2D eigenvalue weighted by Crippen LogP contribution is 2.42. The Balaban J connectivity index is 3.25. The molecule has 0 radical (unpaired) electrons. The summed E-state index contributed by atoms with van der Waals surface area (Å²) in [6, 6.07) is 4.33. The van der Waals surface area contributed by atoms with Crippen LogP contribution in [0.25, 0.3) is 0 Å². The van der Waals surface area contributed by atoms with E-state index in [1.165, 1.54) is 12.1 Å². The van der Waals surface area contributed by atoms with Crippen LogP contribution in [-0.2, 0) is 5.60 Å². The molecule has 0 unspecified atom stereocenters. The van der Waals surface area contributed by atoms with Crippen LogP contribution in [0, 0.1) is 17.3 Å². The highest BCUT2D eigenvalue weighted by Gasteiger charge is 2.55. The second-order valence-electron chi connectivity index (χ2n) is 5.57. The predicted molar refractivity (Wildman–Crippen MR) is 72.1 cm³/mol. The van der Waals surface area contributed by atoms with Gasteiger partial charge in [-0.2, -0.15) is 13.2 Å². The van der Waals surface area contributed by atoms with Gasteiger partial charge in [-0.3, -0.25) is 0 Å². The predicted octanol–water partition coefficient (Wildman–Crippen LogP) is 3.85. The number of alkyl halides is 3. The summed E-state index contributed by atoms with van der Waals surface area (Å²) in [5, 5.41) is 9.94. The number of hydrogen-bond donors (Lipinski definition) is 1. The van der Waals surface area contributed by atoms with Crippen molar-refractivity contribution in [1.82, 2.24) is 0 Å². The molecule has 0 aliphatic heterocycles. The first-order chi connectivity index (χ1) is 8.97. The fraction of sp³-hybridized carbons (Fsp3) is 0.429. The van der Waals surface area contributed by atoms with Gasteiger partial charge in [-0.05, 0) is 6.07 Å². The van der Waals surface area contributed by atoms with E-state index in [0.29, 0.717) is 0 Å². The maximum absolute atomic E-state index is 13.6. The van der Waals surface area contributed by atoms with Gasteiger partial charge in [-0.25, -0.2) is 4.39 Å². The van der Waals surface area contributed by atoms with E-state index in [-0.39, 0.29) is 0 Å². The highest BCUT2D eigenvalue weighted by molar-refractivity contribution is 6.83. The van der Waals surface area contributed by atoms with Gasteiger partial charge in [0, 0.05) is 5.56 Å². The molecule has 0 aromatic heterocycles. The van der Waals surface area contributed by atoms with E-state index in [0.717, 1.165) is 12.1 Å². The fourth-order valence-corrected chi connectivity index (χ4v) is 2.20. The minimum absolute atomic E-state index is 0.794. The number of aliphatic hydroxyl groups is 1. The van der Waals surface area contributed by atoms with E-state index in [1.54, 1.807) is 0 Å². The van der Waals surface area contributed by atoms with E-state index in [1.807, 2.05) is 19.6 Å². The first kappa shape index (κ1) is 16.7. The van der Waals surface area contributed by atoms with Crippen LogP contribution < -0.4 is 0 Å². The molecule has 0 spiro atoms. The topological polar surface area (TPSA) is 20.2 Å². The van der Waals surface area contributed by atoms with Crippen molar-refractivity contribution in [2.45, 2.75) is 37.8 Å². The Bertz CT molecular complexity index is 537. The standard InChI is InChI=1S/C14H16F4OSi/c1-20(2,3)10-6-9-13(19,14(16,17)18)11-7-4-5-8-12(11)15/h4-5,7-8,19H,9H2,1-3H3/t13-/m1/s1. The molecule has 1 aromatic rings. The molecule has 0 aliphatic carbocycles. The first-order valence-corrected chi connectivity index (χ1v) is 9.51. The molecule has 0 saturated carbocycles. The summed E-state index contributed by atoms with van der Waals surface area (Å²) in [6.45, 7) is 5.61. The summed E-state index contributed by atoms with van der Waals surface area (Å²) < 4.78 is 52.9. The molecular weight excluding hydrogens is 288 g/mol. The van der Waals surface area contributed by atoms with Crippen molar-refractivity contribution >= 4 is 8.07 Å². The summed E-state index contributed by atoms with van der Waals surface area (Å²) in [5.41, 5.74) is -1.34. The zero-order valence-corrected chi connectivity index (χ0v) is 12.5. The minimum atomic E-state index is -5.00. The van der Waals surface area contributed by atoms with Gasteiger partial charge < -0.3 is 5.11 Å². The Kier molecular flexibility index (Phi) is 4.67. The van der Waals surface area contributed by atoms with Crippen LogP contribution in [0.4, 0.5) is 17.6 Å². The third kappa shape index (κ3) is 3.84. The number of halogens is 4. The van der Waals surface area contributed by atoms with Gasteiger partial charge in [-0.15, -0.1) is 11.5 Å². The third-order valence-electron chi connectivity index (χ3n) is 2.60. The molecule has 0 saturated heterocycles. The quantitative estimate of drug-likeness (QED) is 0.500. The molecule has 1 rings (SSSR count). The van der Waals surface area contributed by atoms with Crippen LogP contribution in [0.15, 0.2) is 24.3 Å². The molecule has 0 bridgehead atoms. The van der Waals surface area contributed by atoms with Crippen LogP contribution >= 0.6 is 0 Å². The molecule has 1 nitrogen and oxygen atoms in total. The summed E-state index contributed by atoms with van der Waals surface area (Å²) in [5.74, 6) is 1.28. The summed E-state index contributed by atoms with van der Waals surface area (Å²) in [6.07, 6.45) is -5.87. The minimum Gasteiger partial charge on any atom is -0.375 e. The maximum atomic E-state index is 13.6. The van der Waals surface area contributed by atoms with E-state index >= 15 is 0 Å². The molecule has 1 atom stereocenters. The van der Waals surface area contributed by atoms with Gasteiger partial charge in [-0.1, -0.05) is 37.8 Å². The zero-order valence-electron chi connectivity index (χ0n) is 11.5. The Labute approximate surface area is 116 Å². The van der Waals surface area contributed by atoms with Crippen molar-refractivity contribution in [3.05, 3.63) is 35.6 Å². The lowest BCUT2D eigenvalue weighted by Gasteiger charge is -2.29. The van der Waals surface area contributed by atoms with Gasteiger partial charge in [0.2, 0.25) is 0 Å². The summed E-state index contributed by atoms with van der Waals surface area (Å²) in [7, 11) is -1.86. The van der Waals surface area contributed by atoms with Crippen molar-refractivity contribution in [2.75, 3.05) is 0 Å². The van der Waals surface area contributed by atoms with Crippen molar-refractivity contribution in [3.8, 4) is 11.5 Å². The Morgan fingerprint density at radius 1 is 1.15 bits per heavy atom. The van der Waals surface area contributed by atoms with E-state index in [2.05, 4.69) is 11.5 Å². The van der Waals surface area contributed by atoms with Gasteiger partial charge in [0.05, 0.1) is 6.42 Å². The lowest BCUT2D eigenvalue weighted by molar-refractivity contribution is -0.265. The third-order valence-corrected chi connectivity index (χ3v) is 3.52. The van der Waals surface area contributed by atoms with E-state index in [4.69, 9.17) is 0 Å². The molecule has 0 heterocycles. The monoisotopic (exact) mass is 304 g/mol. The van der Waals surface area contributed by atoms with E-state index < -0.39 is 37.7 Å². The zero-order chi connectivity index (χ0) is 15.6. The highest BCUT2D eigenvalue weighted by atomic mass is 28.3. The number of hydrogen-bond acceptors (Lipinski definition) is 1. The lowest BCUT2D eigenvalue weighted by Crippen LogP contribution is -2.42. The molecule has 0 fully saturated rings. The summed E-state index contributed by atoms with van der Waals surface area (Å²) in [4.78, 5) is 0. The molecule has 110 valence electrons. The first-order valence-electron chi connectivity index (χ1n) is 6.01. The van der Waals surface area contributed by atoms with Crippen LogP contribution in [0.5, 0.6) is 0 Å². The largest absolute Gasteiger partial charge is 0.422 e. The Hall–Kier alpha value is -1.32. The fourth-order valence-electron chi connectivity index (χ4n) is 1.58. The maximum Gasteiger partial charge on any atom is 0.422 e. The molecular formula is C14H16F4OSi. The Morgan fingerprint density at radius 2 is 1.70 bits per heavy atom. The SMILES string of the molecule is C[Si](C)(C)C#CC[C@@](O)(c1ccccc1F)C(F)(F)F. The molecule has 0 amide bonds. The van der Waals surface area contributed by atoms with Gasteiger partial charge in [0.1, 0.15) is 13.9 Å².